The molecule has 0 spiro atoms. The number of anilines is 5. The molecule has 20 heteroatoms. The molecule has 15 rings (SSSR count). The summed E-state index contributed by atoms with van der Waals surface area (Å²) >= 11 is 0. The van der Waals surface area contributed by atoms with Gasteiger partial charge in [-0.25, -0.2) is 0 Å². The van der Waals surface area contributed by atoms with Crippen LogP contribution in [0.15, 0.2) is 91.6 Å². The Morgan fingerprint density at radius 3 is 1.05 bits per heavy atom. The fourth-order valence-corrected chi connectivity index (χ4v) is 15.3. The molecule has 101 heavy (non-hydrogen) atoms. The van der Waals surface area contributed by atoms with Gasteiger partial charge in [-0.15, -0.1) is 0 Å². The molecular weight excluding hydrogens is 1260 g/mol. The minimum absolute atomic E-state index is 0.284. The lowest BCUT2D eigenvalue weighted by molar-refractivity contribution is -0.131. The highest BCUT2D eigenvalue weighted by Gasteiger charge is 2.42. The van der Waals surface area contributed by atoms with Crippen molar-refractivity contribution in [2.24, 2.45) is 0 Å². The average molecular weight is 1390 g/mol. The molecule has 556 valence electrons. The lowest BCUT2D eigenvalue weighted by Crippen LogP contribution is -2.64. The second kappa shape index (κ2) is 35.9. The van der Waals surface area contributed by atoms with Crippen molar-refractivity contribution in [1.29, 1.82) is 0 Å². The predicted octanol–water partition coefficient (Wildman–Crippen LogP) is 11.0. The van der Waals surface area contributed by atoms with Crippen molar-refractivity contribution < 1.29 is 23.7 Å². The number of nitrogens with zero attached hydrogens (tertiary/aromatic N) is 15. The maximum absolute atomic E-state index is 5.37. The lowest BCUT2D eigenvalue weighted by atomic mass is 9.97. The van der Waals surface area contributed by atoms with Crippen LogP contribution < -0.4 is 24.5 Å². The van der Waals surface area contributed by atoms with Crippen LogP contribution in [0.2, 0.25) is 0 Å². The Morgan fingerprint density at radius 2 is 0.703 bits per heavy atom. The van der Waals surface area contributed by atoms with E-state index in [1.54, 1.807) is 0 Å². The molecule has 0 aromatic carbocycles. The molecule has 0 radical (unpaired) electrons. The smallest absolute Gasteiger partial charge is 0.0671 e. The summed E-state index contributed by atoms with van der Waals surface area (Å²) in [7, 11) is 0. The van der Waals surface area contributed by atoms with Gasteiger partial charge in [0.1, 0.15) is 0 Å². The molecule has 20 nitrogen and oxygen atoms in total. The van der Waals surface area contributed by atoms with E-state index in [4.69, 9.17) is 23.7 Å². The van der Waals surface area contributed by atoms with E-state index in [0.717, 1.165) is 171 Å². The maximum Gasteiger partial charge on any atom is 0.0671 e. The topological polar surface area (TPSA) is 143 Å². The van der Waals surface area contributed by atoms with E-state index in [9.17, 15) is 0 Å². The van der Waals surface area contributed by atoms with Gasteiger partial charge in [0.05, 0.1) is 155 Å². The SMILES string of the molecule is CC(C)c1ccc(N2CC(C)N(C3COC3)CC2C)cn1.CC(C)c1ccc(N2CCN(C3(C)COC3)CC2)cn1.CC(C)c1ccc(N2CCN(C3COC3)CC2)cn1.CC(C)c1ccc(N2CCN(C3COC3)CC2C)cn1.CCC1CN(C2COC2)CCN1c1ccc(C(C)C)nc1. The van der Waals surface area contributed by atoms with Gasteiger partial charge in [0.25, 0.3) is 0 Å². The van der Waals surface area contributed by atoms with Gasteiger partial charge in [0.15, 0.2) is 0 Å². The fourth-order valence-electron chi connectivity index (χ4n) is 15.3. The average Bonchev–Trinajstić information content (AvgIpc) is 0.808. The van der Waals surface area contributed by atoms with Crippen LogP contribution in [0.25, 0.3) is 0 Å². The largest absolute Gasteiger partial charge is 0.378 e. The second-order valence-electron chi connectivity index (χ2n) is 32.1. The Hall–Kier alpha value is -5.65. The highest BCUT2D eigenvalue weighted by Crippen LogP contribution is 2.32. The van der Waals surface area contributed by atoms with E-state index in [1.807, 2.05) is 24.8 Å². The molecule has 0 amide bonds. The standard InChI is InChI=1S/2C17H27N3O.2C16H25N3O.C15H23N3O/c1-12(2)17-6-5-15(7-18-17)19-8-14(4)20(9-13(19)3)16-10-21-11-16;1-4-14-10-19(16-11-21-12-16)7-8-20(14)15-5-6-17(13(2)3)18-9-15;1-13(2)15-5-4-14(10-17-15)18-6-8-19(9-7-18)16(3)11-20-12-16;1-12(2)16-5-4-14(8-17-16)19-7-6-18(9-13(19)3)15-10-20-11-15;1-12(2)15-4-3-13(9-16-15)17-5-7-18(8-6-17)14-10-19-11-14/h5-7,12-14,16H,8-11H2,1-4H3;5-6,9,13-14,16H,4,7-8,10-12H2,1-3H3;4-5,10,13H,6-9,11-12H2,1-3H3;4-5,8,12-13,15H,6-7,9-11H2,1-3H3;3-4,9,12,14H,5-8,10-11H2,1-2H3. The summed E-state index contributed by atoms with van der Waals surface area (Å²) in [5.41, 5.74) is 12.4. The third kappa shape index (κ3) is 19.7. The van der Waals surface area contributed by atoms with E-state index >= 15 is 0 Å². The van der Waals surface area contributed by atoms with Gasteiger partial charge in [0, 0.05) is 157 Å². The van der Waals surface area contributed by atoms with Crippen LogP contribution in [-0.2, 0) is 23.7 Å². The van der Waals surface area contributed by atoms with Crippen LogP contribution in [0.1, 0.15) is 168 Å². The van der Waals surface area contributed by atoms with Crippen LogP contribution in [0.4, 0.5) is 28.4 Å². The summed E-state index contributed by atoms with van der Waals surface area (Å²) in [6.07, 6.45) is 11.4. The number of pyridine rings is 5. The Morgan fingerprint density at radius 1 is 0.356 bits per heavy atom. The summed E-state index contributed by atoms with van der Waals surface area (Å²) in [5.74, 6) is 2.49. The highest BCUT2D eigenvalue weighted by molar-refractivity contribution is 5.50. The highest BCUT2D eigenvalue weighted by atomic mass is 16.5. The van der Waals surface area contributed by atoms with Crippen LogP contribution in [-0.4, -0.2) is 274 Å². The summed E-state index contributed by atoms with van der Waals surface area (Å²) in [6, 6.07) is 26.8. The summed E-state index contributed by atoms with van der Waals surface area (Å²) in [5, 5.41) is 0. The summed E-state index contributed by atoms with van der Waals surface area (Å²) in [6.45, 7) is 60.3. The fraction of sp³-hybridized carbons (Fsp3) is 0.691. The zero-order valence-corrected chi connectivity index (χ0v) is 64.5. The lowest BCUT2D eigenvalue weighted by Gasteiger charge is -2.50. The number of ether oxygens (including phenoxy) is 5. The molecule has 4 atom stereocenters. The van der Waals surface area contributed by atoms with E-state index < -0.39 is 0 Å². The molecule has 0 aliphatic carbocycles. The Labute approximate surface area is 607 Å². The molecule has 5 aromatic heterocycles. The zero-order valence-electron chi connectivity index (χ0n) is 64.5. The molecule has 10 aliphatic rings. The van der Waals surface area contributed by atoms with E-state index in [0.29, 0.717) is 77.9 Å². The normalized spacial score (nSPS) is 24.5. The van der Waals surface area contributed by atoms with Gasteiger partial charge in [-0.1, -0.05) is 76.2 Å². The second-order valence-corrected chi connectivity index (χ2v) is 32.1. The van der Waals surface area contributed by atoms with Crippen molar-refractivity contribution in [1.82, 2.24) is 49.4 Å². The number of piperazine rings is 5. The summed E-state index contributed by atoms with van der Waals surface area (Å²) in [4.78, 5) is 48.3. The van der Waals surface area contributed by atoms with Crippen LogP contribution >= 0.6 is 0 Å². The predicted molar refractivity (Wildman–Crippen MR) is 411 cm³/mol. The van der Waals surface area contributed by atoms with E-state index in [-0.39, 0.29) is 5.54 Å². The first-order valence-electron chi connectivity index (χ1n) is 38.9. The number of hydrogen-bond donors (Lipinski definition) is 0. The van der Waals surface area contributed by atoms with Crippen LogP contribution in [0.3, 0.4) is 0 Å². The molecule has 0 N–H and O–H groups in total. The maximum atomic E-state index is 5.37. The summed E-state index contributed by atoms with van der Waals surface area (Å²) < 4.78 is 26.6. The van der Waals surface area contributed by atoms with Gasteiger partial charge in [0.2, 0.25) is 0 Å². The quantitative estimate of drug-likeness (QED) is 0.0923. The van der Waals surface area contributed by atoms with Crippen molar-refractivity contribution in [2.45, 2.75) is 194 Å². The van der Waals surface area contributed by atoms with Crippen molar-refractivity contribution >= 4 is 28.4 Å². The third-order valence-corrected chi connectivity index (χ3v) is 22.9. The van der Waals surface area contributed by atoms with Gasteiger partial charge in [-0.3, -0.25) is 49.4 Å². The molecule has 4 unspecified atom stereocenters. The molecule has 10 fully saturated rings. The zero-order chi connectivity index (χ0) is 71.3. The molecule has 15 heterocycles. The Bertz CT molecular complexity index is 3170. The first kappa shape index (κ1) is 76.5. The molecule has 10 aliphatic heterocycles. The minimum Gasteiger partial charge on any atom is -0.378 e. The minimum atomic E-state index is 0.284. The molecule has 0 saturated carbocycles. The van der Waals surface area contributed by atoms with Crippen molar-refractivity contribution in [3.05, 3.63) is 120 Å². The van der Waals surface area contributed by atoms with Gasteiger partial charge < -0.3 is 48.2 Å². The Balaban J connectivity index is 0.000000127. The molecule has 10 saturated heterocycles. The third-order valence-electron chi connectivity index (χ3n) is 22.9. The Kier molecular flexibility index (Phi) is 27.2. The van der Waals surface area contributed by atoms with Crippen LogP contribution in [0.5, 0.6) is 0 Å². The van der Waals surface area contributed by atoms with Crippen molar-refractivity contribution in [3.63, 3.8) is 0 Å². The molecule has 0 bridgehead atoms. The van der Waals surface area contributed by atoms with E-state index in [1.165, 1.54) is 63.3 Å². The first-order valence-corrected chi connectivity index (χ1v) is 38.9. The number of aromatic nitrogens is 5. The van der Waals surface area contributed by atoms with Crippen molar-refractivity contribution in [3.8, 4) is 0 Å². The first-order chi connectivity index (χ1) is 48.7. The van der Waals surface area contributed by atoms with Crippen molar-refractivity contribution in [2.75, 3.05) is 195 Å². The van der Waals surface area contributed by atoms with Gasteiger partial charge >= 0.3 is 0 Å². The number of hydrogen-bond acceptors (Lipinski definition) is 20. The van der Waals surface area contributed by atoms with Gasteiger partial charge in [-0.2, -0.15) is 0 Å². The van der Waals surface area contributed by atoms with Crippen LogP contribution in [0, 0.1) is 0 Å². The number of rotatable bonds is 16. The molecular formula is C81H127N15O5. The van der Waals surface area contributed by atoms with Gasteiger partial charge in [-0.05, 0) is 124 Å². The molecule has 5 aromatic rings. The van der Waals surface area contributed by atoms with E-state index in [2.05, 4.69) is 245 Å². The monoisotopic (exact) mass is 1390 g/mol.